The van der Waals surface area contributed by atoms with Crippen LogP contribution in [0, 0.1) is 12.3 Å². The molecule has 3 aromatic rings. The number of rotatable bonds is 5. The van der Waals surface area contributed by atoms with Crippen LogP contribution in [0.5, 0.6) is 5.75 Å². The summed E-state index contributed by atoms with van der Waals surface area (Å²) in [6, 6.07) is 15.7. The first kappa shape index (κ1) is 21.6. The first-order valence-corrected chi connectivity index (χ1v) is 11.5. The molecule has 7 heteroatoms. The number of ether oxygens (including phenoxy) is 2. The van der Waals surface area contributed by atoms with Crippen molar-refractivity contribution in [2.45, 2.75) is 32.1 Å². The minimum absolute atomic E-state index is 0.00218. The second-order valence-corrected chi connectivity index (χ2v) is 9.14. The summed E-state index contributed by atoms with van der Waals surface area (Å²) in [6.07, 6.45) is 2.10. The molecule has 2 fully saturated rings. The van der Waals surface area contributed by atoms with E-state index in [1.807, 2.05) is 60.4 Å². The van der Waals surface area contributed by atoms with Crippen molar-refractivity contribution < 1.29 is 18.7 Å². The normalized spacial score (nSPS) is 19.7. The zero-order chi connectivity index (χ0) is 22.8. The number of aryl methyl sites for hydroxylation is 1. The first-order chi connectivity index (χ1) is 16.1. The third-order valence-corrected chi connectivity index (χ3v) is 7.02. The van der Waals surface area contributed by atoms with Gasteiger partial charge in [-0.3, -0.25) is 4.79 Å². The minimum Gasteiger partial charge on any atom is -0.497 e. The lowest BCUT2D eigenvalue weighted by Gasteiger charge is -2.36. The van der Waals surface area contributed by atoms with Gasteiger partial charge in [-0.15, -0.1) is 10.2 Å². The summed E-state index contributed by atoms with van der Waals surface area (Å²) in [5.41, 5.74) is 2.94. The predicted molar refractivity (Wildman–Crippen MR) is 123 cm³/mol. The summed E-state index contributed by atoms with van der Waals surface area (Å²) in [7, 11) is 1.64. The lowest BCUT2D eigenvalue weighted by Crippen LogP contribution is -2.37. The molecule has 2 aromatic carbocycles. The molecule has 2 saturated heterocycles. The predicted octanol–water partition coefficient (Wildman–Crippen LogP) is 4.02. The van der Waals surface area contributed by atoms with Crippen LogP contribution in [0.4, 0.5) is 0 Å². The Balaban J connectivity index is 1.38. The molecule has 5 rings (SSSR count). The van der Waals surface area contributed by atoms with Crippen LogP contribution in [-0.4, -0.2) is 54.4 Å². The standard InChI is InChI=1S/C26H29N3O4/c1-18-6-8-20(9-7-18)24-27-28-25(33-24)22-16-29(17-26(22)10-12-32-13-11-26)23(30)15-19-4-3-5-21(14-19)31-2/h3-9,14,22H,10-13,15-17H2,1-2H3. The van der Waals surface area contributed by atoms with Crippen molar-refractivity contribution >= 4 is 5.91 Å². The Bertz CT molecular complexity index is 1120. The Hall–Kier alpha value is -3.19. The van der Waals surface area contributed by atoms with Crippen molar-refractivity contribution in [3.8, 4) is 17.2 Å². The van der Waals surface area contributed by atoms with Crippen molar-refractivity contribution in [2.75, 3.05) is 33.4 Å². The van der Waals surface area contributed by atoms with Crippen LogP contribution in [0.2, 0.25) is 0 Å². The van der Waals surface area contributed by atoms with Gasteiger partial charge in [0, 0.05) is 37.3 Å². The molecule has 33 heavy (non-hydrogen) atoms. The molecule has 1 spiro atoms. The molecule has 0 bridgehead atoms. The van der Waals surface area contributed by atoms with Crippen LogP contribution < -0.4 is 4.74 Å². The van der Waals surface area contributed by atoms with Gasteiger partial charge in [-0.1, -0.05) is 29.8 Å². The highest BCUT2D eigenvalue weighted by Crippen LogP contribution is 2.49. The zero-order valence-electron chi connectivity index (χ0n) is 19.1. The third-order valence-electron chi connectivity index (χ3n) is 7.02. The van der Waals surface area contributed by atoms with E-state index in [9.17, 15) is 4.79 Å². The molecular formula is C26H29N3O4. The van der Waals surface area contributed by atoms with Crippen molar-refractivity contribution in [1.29, 1.82) is 0 Å². The van der Waals surface area contributed by atoms with E-state index in [0.717, 1.165) is 29.7 Å². The van der Waals surface area contributed by atoms with Gasteiger partial charge in [-0.25, -0.2) is 0 Å². The second-order valence-electron chi connectivity index (χ2n) is 9.14. The molecule has 0 N–H and O–H groups in total. The minimum atomic E-state index is -0.0979. The lowest BCUT2D eigenvalue weighted by molar-refractivity contribution is -0.130. The monoisotopic (exact) mass is 447 g/mol. The fourth-order valence-corrected chi connectivity index (χ4v) is 5.04. The van der Waals surface area contributed by atoms with E-state index >= 15 is 0 Å². The molecule has 0 saturated carbocycles. The fraction of sp³-hybridized carbons (Fsp3) is 0.423. The van der Waals surface area contributed by atoms with Gasteiger partial charge in [0.25, 0.3) is 0 Å². The van der Waals surface area contributed by atoms with Gasteiger partial charge in [0.05, 0.1) is 19.4 Å². The number of methoxy groups -OCH3 is 1. The van der Waals surface area contributed by atoms with Gasteiger partial charge in [0.15, 0.2) is 0 Å². The molecule has 7 nitrogen and oxygen atoms in total. The molecule has 1 amide bonds. The first-order valence-electron chi connectivity index (χ1n) is 11.5. The Morgan fingerprint density at radius 2 is 1.94 bits per heavy atom. The quantitative estimate of drug-likeness (QED) is 0.588. The van der Waals surface area contributed by atoms with Crippen LogP contribution >= 0.6 is 0 Å². The highest BCUT2D eigenvalue weighted by atomic mass is 16.5. The maximum absolute atomic E-state index is 13.3. The van der Waals surface area contributed by atoms with E-state index < -0.39 is 0 Å². The number of hydrogen-bond acceptors (Lipinski definition) is 6. The topological polar surface area (TPSA) is 77.7 Å². The molecule has 0 radical (unpaired) electrons. The van der Waals surface area contributed by atoms with E-state index in [4.69, 9.17) is 13.9 Å². The molecule has 1 unspecified atom stereocenters. The zero-order valence-corrected chi connectivity index (χ0v) is 19.1. The van der Waals surface area contributed by atoms with Crippen molar-refractivity contribution in [2.24, 2.45) is 5.41 Å². The van der Waals surface area contributed by atoms with E-state index in [0.29, 0.717) is 44.5 Å². The van der Waals surface area contributed by atoms with E-state index in [1.165, 1.54) is 5.56 Å². The van der Waals surface area contributed by atoms with E-state index in [1.54, 1.807) is 7.11 Å². The highest BCUT2D eigenvalue weighted by molar-refractivity contribution is 5.79. The lowest BCUT2D eigenvalue weighted by atomic mass is 9.72. The number of aromatic nitrogens is 2. The molecule has 2 aliphatic rings. The molecule has 1 atom stereocenters. The van der Waals surface area contributed by atoms with E-state index in [2.05, 4.69) is 10.2 Å². The number of nitrogens with zero attached hydrogens (tertiary/aromatic N) is 3. The van der Waals surface area contributed by atoms with Crippen LogP contribution in [0.1, 0.15) is 35.8 Å². The average Bonchev–Trinajstić information content (AvgIpc) is 3.46. The molecule has 1 aromatic heterocycles. The van der Waals surface area contributed by atoms with Crippen molar-refractivity contribution in [1.82, 2.24) is 15.1 Å². The molecule has 172 valence electrons. The highest BCUT2D eigenvalue weighted by Gasteiger charge is 2.51. The number of likely N-dealkylation sites (tertiary alicyclic amines) is 1. The summed E-state index contributed by atoms with van der Waals surface area (Å²) < 4.78 is 17.1. The summed E-state index contributed by atoms with van der Waals surface area (Å²) >= 11 is 0. The van der Waals surface area contributed by atoms with Gasteiger partial charge >= 0.3 is 0 Å². The number of carbonyl (C=O) groups is 1. The fourth-order valence-electron chi connectivity index (χ4n) is 5.04. The molecule has 0 aliphatic carbocycles. The SMILES string of the molecule is COc1cccc(CC(=O)N2CC(c3nnc(-c4ccc(C)cc4)o3)C3(CCOCC3)C2)c1. The van der Waals surface area contributed by atoms with Crippen molar-refractivity contribution in [3.63, 3.8) is 0 Å². The number of hydrogen-bond donors (Lipinski definition) is 0. The van der Waals surface area contributed by atoms with Crippen LogP contribution in [-0.2, 0) is 16.0 Å². The summed E-state index contributed by atoms with van der Waals surface area (Å²) in [4.78, 5) is 15.2. The largest absolute Gasteiger partial charge is 0.497 e. The van der Waals surface area contributed by atoms with Gasteiger partial charge < -0.3 is 18.8 Å². The summed E-state index contributed by atoms with van der Waals surface area (Å²) in [5.74, 6) is 2.00. The summed E-state index contributed by atoms with van der Waals surface area (Å²) in [5, 5.41) is 8.77. The maximum atomic E-state index is 13.3. The van der Waals surface area contributed by atoms with Crippen molar-refractivity contribution in [3.05, 3.63) is 65.5 Å². The Morgan fingerprint density at radius 3 is 2.70 bits per heavy atom. The smallest absolute Gasteiger partial charge is 0.247 e. The van der Waals surface area contributed by atoms with E-state index in [-0.39, 0.29) is 17.2 Å². The third kappa shape index (κ3) is 4.37. The van der Waals surface area contributed by atoms with Crippen LogP contribution in [0.15, 0.2) is 52.9 Å². The van der Waals surface area contributed by atoms with Gasteiger partial charge in [-0.05, 0) is 49.6 Å². The average molecular weight is 448 g/mol. The second kappa shape index (κ2) is 8.98. The maximum Gasteiger partial charge on any atom is 0.247 e. The number of amides is 1. The summed E-state index contributed by atoms with van der Waals surface area (Å²) in [6.45, 7) is 4.69. The van der Waals surface area contributed by atoms with Gasteiger partial charge in [0.1, 0.15) is 5.75 Å². The molecular weight excluding hydrogens is 418 g/mol. The molecule has 2 aliphatic heterocycles. The Kier molecular flexibility index (Phi) is 5.89. The Labute approximate surface area is 193 Å². The van der Waals surface area contributed by atoms with Crippen LogP contribution in [0.25, 0.3) is 11.5 Å². The number of benzene rings is 2. The van der Waals surface area contributed by atoms with Gasteiger partial charge in [0.2, 0.25) is 17.7 Å². The van der Waals surface area contributed by atoms with Gasteiger partial charge in [-0.2, -0.15) is 0 Å². The molecule has 3 heterocycles. The van der Waals surface area contributed by atoms with Crippen LogP contribution in [0.3, 0.4) is 0 Å². The Morgan fingerprint density at radius 1 is 1.15 bits per heavy atom. The number of carbonyl (C=O) groups excluding carboxylic acids is 1.